The van der Waals surface area contributed by atoms with Gasteiger partial charge in [0.2, 0.25) is 0 Å². The van der Waals surface area contributed by atoms with Crippen molar-refractivity contribution in [2.45, 2.75) is 0 Å². The molecule has 4 rings (SSSR count). The number of aromatic nitrogens is 2. The summed E-state index contributed by atoms with van der Waals surface area (Å²) in [4.78, 5) is 19.9. The van der Waals surface area contributed by atoms with Gasteiger partial charge in [0.25, 0.3) is 5.91 Å². The molecule has 0 aliphatic carbocycles. The SMILES string of the molecule is O=C(COc1ccccc1)NC(=S)Nc1cc(-c2nc3ccccc3[nH]2)ccc1Cl. The lowest BCUT2D eigenvalue weighted by atomic mass is 10.2. The summed E-state index contributed by atoms with van der Waals surface area (Å²) in [6.07, 6.45) is 0. The number of benzene rings is 3. The van der Waals surface area contributed by atoms with Gasteiger partial charge < -0.3 is 15.0 Å². The van der Waals surface area contributed by atoms with E-state index in [1.165, 1.54) is 0 Å². The fraction of sp³-hybridized carbons (Fsp3) is 0.0455. The maximum atomic E-state index is 12.1. The maximum absolute atomic E-state index is 12.1. The minimum Gasteiger partial charge on any atom is -0.484 e. The molecular formula is C22H17ClN4O2S. The molecule has 0 aliphatic heterocycles. The van der Waals surface area contributed by atoms with Gasteiger partial charge in [-0.3, -0.25) is 10.1 Å². The lowest BCUT2D eigenvalue weighted by Crippen LogP contribution is -2.37. The minimum atomic E-state index is -0.374. The molecule has 0 unspecified atom stereocenters. The number of halogens is 1. The number of ether oxygens (including phenoxy) is 1. The van der Waals surface area contributed by atoms with Gasteiger partial charge in [-0.05, 0) is 54.7 Å². The zero-order chi connectivity index (χ0) is 20.9. The Labute approximate surface area is 183 Å². The number of carbonyl (C=O) groups excluding carboxylic acids is 1. The van der Waals surface area contributed by atoms with Crippen LogP contribution < -0.4 is 15.4 Å². The molecule has 1 amide bonds. The smallest absolute Gasteiger partial charge is 0.264 e. The quantitative estimate of drug-likeness (QED) is 0.392. The highest BCUT2D eigenvalue weighted by Gasteiger charge is 2.11. The van der Waals surface area contributed by atoms with Gasteiger partial charge in [0, 0.05) is 5.56 Å². The van der Waals surface area contributed by atoms with E-state index in [1.54, 1.807) is 18.2 Å². The van der Waals surface area contributed by atoms with E-state index in [2.05, 4.69) is 20.6 Å². The molecule has 150 valence electrons. The van der Waals surface area contributed by atoms with Crippen LogP contribution in [0.3, 0.4) is 0 Å². The van der Waals surface area contributed by atoms with Crippen LogP contribution in [0.4, 0.5) is 5.69 Å². The summed E-state index contributed by atoms with van der Waals surface area (Å²) in [5.41, 5.74) is 3.21. The molecule has 0 saturated carbocycles. The summed E-state index contributed by atoms with van der Waals surface area (Å²) in [6, 6.07) is 22.3. The molecule has 3 N–H and O–H groups in total. The summed E-state index contributed by atoms with van der Waals surface area (Å²) in [6.45, 7) is -0.154. The zero-order valence-corrected chi connectivity index (χ0v) is 17.3. The molecule has 6 nitrogen and oxygen atoms in total. The van der Waals surface area contributed by atoms with Gasteiger partial charge in [-0.25, -0.2) is 4.98 Å². The van der Waals surface area contributed by atoms with Crippen LogP contribution in [0.2, 0.25) is 5.02 Å². The first-order chi connectivity index (χ1) is 14.6. The van der Waals surface area contributed by atoms with E-state index in [4.69, 9.17) is 28.6 Å². The molecule has 0 spiro atoms. The van der Waals surface area contributed by atoms with Crippen LogP contribution in [0, 0.1) is 0 Å². The molecule has 0 atom stereocenters. The number of nitrogens with zero attached hydrogens (tertiary/aromatic N) is 1. The van der Waals surface area contributed by atoms with Gasteiger partial charge in [-0.2, -0.15) is 0 Å². The fourth-order valence-electron chi connectivity index (χ4n) is 2.84. The molecule has 0 bridgehead atoms. The third-order valence-electron chi connectivity index (χ3n) is 4.24. The fourth-order valence-corrected chi connectivity index (χ4v) is 3.23. The summed E-state index contributed by atoms with van der Waals surface area (Å²) in [5.74, 6) is 0.941. The van der Waals surface area contributed by atoms with Gasteiger partial charge >= 0.3 is 0 Å². The molecule has 4 aromatic rings. The van der Waals surface area contributed by atoms with Crippen molar-refractivity contribution in [1.82, 2.24) is 15.3 Å². The second-order valence-corrected chi connectivity index (χ2v) is 7.22. The zero-order valence-electron chi connectivity index (χ0n) is 15.7. The lowest BCUT2D eigenvalue weighted by molar-refractivity contribution is -0.121. The summed E-state index contributed by atoms with van der Waals surface area (Å²) < 4.78 is 5.41. The first kappa shape index (κ1) is 19.9. The lowest BCUT2D eigenvalue weighted by Gasteiger charge is -2.12. The standard InChI is InChI=1S/C22H17ClN4O2S/c23-16-11-10-14(21-24-17-8-4-5-9-18(17)25-21)12-19(16)26-22(30)27-20(28)13-29-15-6-2-1-3-7-15/h1-12H,13H2,(H,24,25)(H2,26,27,28,30). The number of fused-ring (bicyclic) bond motifs is 1. The molecule has 3 aromatic carbocycles. The van der Waals surface area contributed by atoms with Crippen LogP contribution in [0.1, 0.15) is 0 Å². The number of hydrogen-bond acceptors (Lipinski definition) is 4. The van der Waals surface area contributed by atoms with E-state index in [0.717, 1.165) is 16.6 Å². The first-order valence-corrected chi connectivity index (χ1v) is 9.90. The predicted molar refractivity (Wildman–Crippen MR) is 123 cm³/mol. The van der Waals surface area contributed by atoms with Crippen molar-refractivity contribution in [3.63, 3.8) is 0 Å². The number of para-hydroxylation sites is 3. The number of rotatable bonds is 5. The minimum absolute atomic E-state index is 0.125. The second-order valence-electron chi connectivity index (χ2n) is 6.40. The number of carbonyl (C=O) groups is 1. The van der Waals surface area contributed by atoms with E-state index in [1.807, 2.05) is 54.6 Å². The Bertz CT molecular complexity index is 1180. The Morgan fingerprint density at radius 3 is 2.63 bits per heavy atom. The van der Waals surface area contributed by atoms with Crippen LogP contribution in [0.25, 0.3) is 22.4 Å². The van der Waals surface area contributed by atoms with Crippen LogP contribution in [-0.4, -0.2) is 27.6 Å². The topological polar surface area (TPSA) is 79.0 Å². The van der Waals surface area contributed by atoms with Gasteiger partial charge in [0.05, 0.1) is 21.7 Å². The third-order valence-corrected chi connectivity index (χ3v) is 4.78. The highest BCUT2D eigenvalue weighted by molar-refractivity contribution is 7.80. The molecule has 1 heterocycles. The number of nitrogens with one attached hydrogen (secondary N) is 3. The van der Waals surface area contributed by atoms with Crippen LogP contribution >= 0.6 is 23.8 Å². The molecule has 1 aromatic heterocycles. The third kappa shape index (κ3) is 4.76. The van der Waals surface area contributed by atoms with Crippen LogP contribution in [0.15, 0.2) is 72.8 Å². The van der Waals surface area contributed by atoms with E-state index in [0.29, 0.717) is 22.3 Å². The number of anilines is 1. The summed E-state index contributed by atoms with van der Waals surface area (Å²) in [5, 5.41) is 6.12. The molecule has 0 radical (unpaired) electrons. The van der Waals surface area contributed by atoms with Crippen molar-refractivity contribution in [3.05, 3.63) is 77.8 Å². The largest absolute Gasteiger partial charge is 0.484 e. The highest BCUT2D eigenvalue weighted by Crippen LogP contribution is 2.28. The van der Waals surface area contributed by atoms with Gasteiger partial charge in [-0.15, -0.1) is 0 Å². The maximum Gasteiger partial charge on any atom is 0.264 e. The number of aromatic amines is 1. The van der Waals surface area contributed by atoms with Crippen LogP contribution in [0.5, 0.6) is 5.75 Å². The Morgan fingerprint density at radius 1 is 1.07 bits per heavy atom. The van der Waals surface area contributed by atoms with Crippen molar-refractivity contribution in [2.24, 2.45) is 0 Å². The number of amides is 1. The molecule has 30 heavy (non-hydrogen) atoms. The Balaban J connectivity index is 1.41. The van der Waals surface area contributed by atoms with E-state index >= 15 is 0 Å². The van der Waals surface area contributed by atoms with Crippen molar-refractivity contribution in [2.75, 3.05) is 11.9 Å². The van der Waals surface area contributed by atoms with Gasteiger partial charge in [0.15, 0.2) is 11.7 Å². The van der Waals surface area contributed by atoms with E-state index < -0.39 is 0 Å². The molecule has 8 heteroatoms. The normalized spacial score (nSPS) is 10.6. The summed E-state index contributed by atoms with van der Waals surface area (Å²) >= 11 is 11.5. The number of hydrogen-bond donors (Lipinski definition) is 3. The monoisotopic (exact) mass is 436 g/mol. The van der Waals surface area contributed by atoms with Crippen molar-refractivity contribution in [3.8, 4) is 17.1 Å². The highest BCUT2D eigenvalue weighted by atomic mass is 35.5. The van der Waals surface area contributed by atoms with Gasteiger partial charge in [0.1, 0.15) is 11.6 Å². The van der Waals surface area contributed by atoms with E-state index in [9.17, 15) is 4.79 Å². The first-order valence-electron chi connectivity index (χ1n) is 9.12. The van der Waals surface area contributed by atoms with Crippen LogP contribution in [-0.2, 0) is 4.79 Å². The van der Waals surface area contributed by atoms with Crippen molar-refractivity contribution in [1.29, 1.82) is 0 Å². The number of thiocarbonyl (C=S) groups is 1. The number of H-pyrrole nitrogens is 1. The average Bonchev–Trinajstić information content (AvgIpc) is 3.19. The predicted octanol–water partition coefficient (Wildman–Crippen LogP) is 4.78. The Kier molecular flexibility index (Phi) is 5.92. The van der Waals surface area contributed by atoms with Crippen molar-refractivity contribution < 1.29 is 9.53 Å². The second kappa shape index (κ2) is 8.94. The number of imidazole rings is 1. The van der Waals surface area contributed by atoms with Gasteiger partial charge in [-0.1, -0.05) is 41.9 Å². The molecule has 0 saturated heterocycles. The molecule has 0 fully saturated rings. The Morgan fingerprint density at radius 2 is 1.83 bits per heavy atom. The van der Waals surface area contributed by atoms with Crippen molar-refractivity contribution >= 4 is 51.6 Å². The summed E-state index contributed by atoms with van der Waals surface area (Å²) in [7, 11) is 0. The molecule has 0 aliphatic rings. The van der Waals surface area contributed by atoms with E-state index in [-0.39, 0.29) is 17.6 Å². The Hall–Kier alpha value is -3.42. The molecular weight excluding hydrogens is 420 g/mol. The average molecular weight is 437 g/mol.